The molecule has 0 aliphatic heterocycles. The van der Waals surface area contributed by atoms with E-state index >= 15 is 0 Å². The summed E-state index contributed by atoms with van der Waals surface area (Å²) in [5.74, 6) is 0. The van der Waals surface area contributed by atoms with Crippen LogP contribution in [0.4, 0.5) is 0 Å². The second kappa shape index (κ2) is 23.4. The van der Waals surface area contributed by atoms with Gasteiger partial charge in [0.05, 0.1) is 0 Å². The van der Waals surface area contributed by atoms with Gasteiger partial charge < -0.3 is 18.5 Å². The number of carbonyl (C=O) groups excluding carboxylic acids is 1. The number of hydrogen-bond donors (Lipinski definition) is 1. The zero-order valence-corrected chi connectivity index (χ0v) is 12.9. The summed E-state index contributed by atoms with van der Waals surface area (Å²) in [5.41, 5.74) is 0. The van der Waals surface area contributed by atoms with E-state index in [4.69, 9.17) is 13.9 Å². The number of rotatable bonds is 1. The van der Waals surface area contributed by atoms with E-state index in [1.54, 1.807) is 0 Å². The zero-order valence-electron chi connectivity index (χ0n) is 7.30. The van der Waals surface area contributed by atoms with E-state index < -0.39 is 22.4 Å². The molecule has 0 unspecified atom stereocenters. The van der Waals surface area contributed by atoms with Gasteiger partial charge in [-0.05, 0) is 0 Å². The van der Waals surface area contributed by atoms with Crippen LogP contribution in [-0.2, 0) is 14.9 Å². The number of hydrogen-bond acceptors (Lipinski definition) is 7. The average molecular weight is 248 g/mol. The maximum absolute atomic E-state index is 9.33. The summed E-state index contributed by atoms with van der Waals surface area (Å²) in [6.07, 6.45) is 0. The molecule has 0 fully saturated rings. The van der Waals surface area contributed by atoms with Gasteiger partial charge in [0.25, 0.3) is 0 Å². The SMILES string of the molecule is C=CS(=O)(=O)[O-].C=O.[Na+].[Na+].[O-]SO. The summed E-state index contributed by atoms with van der Waals surface area (Å²) < 4.78 is 43.3. The van der Waals surface area contributed by atoms with Crippen molar-refractivity contribution >= 4 is 29.2 Å². The minimum atomic E-state index is -4.15. The van der Waals surface area contributed by atoms with Crippen LogP contribution < -0.4 is 59.1 Å². The van der Waals surface area contributed by atoms with Crippen LogP contribution >= 0.6 is 12.3 Å². The molecule has 13 heavy (non-hydrogen) atoms. The molecular formula is C3H6Na2O6S2. The Bertz CT molecular complexity index is 157. The third-order valence-corrected chi connectivity index (χ3v) is 0.612. The molecule has 0 radical (unpaired) electrons. The fourth-order valence-electron chi connectivity index (χ4n) is 0. The molecule has 0 heterocycles. The molecular weight excluding hydrogens is 242 g/mol. The first-order chi connectivity index (χ1) is 4.97. The fourth-order valence-corrected chi connectivity index (χ4v) is 0. The van der Waals surface area contributed by atoms with Gasteiger partial charge in [-0.15, -0.1) is 12.3 Å². The third-order valence-electron chi connectivity index (χ3n) is 0.204. The van der Waals surface area contributed by atoms with E-state index in [0.29, 0.717) is 5.41 Å². The Morgan fingerprint density at radius 1 is 1.31 bits per heavy atom. The zero-order chi connectivity index (χ0) is 9.91. The Kier molecular flexibility index (Phi) is 52.8. The Hall–Kier alpha value is 1.59. The molecule has 0 spiro atoms. The molecule has 68 valence electrons. The first-order valence-corrected chi connectivity index (χ1v) is 3.95. The minimum Gasteiger partial charge on any atom is -0.776 e. The van der Waals surface area contributed by atoms with Crippen LogP contribution in [-0.4, -0.2) is 28.9 Å². The van der Waals surface area contributed by atoms with E-state index in [-0.39, 0.29) is 59.1 Å². The van der Waals surface area contributed by atoms with Crippen molar-refractivity contribution < 1.29 is 86.0 Å². The van der Waals surface area contributed by atoms with Gasteiger partial charge in [0.15, 0.2) is 0 Å². The Morgan fingerprint density at radius 3 is 1.38 bits per heavy atom. The van der Waals surface area contributed by atoms with Crippen LogP contribution in [0.1, 0.15) is 0 Å². The molecule has 0 rings (SSSR count). The molecule has 0 aromatic carbocycles. The second-order valence-electron chi connectivity index (χ2n) is 0.734. The maximum atomic E-state index is 9.33. The third kappa shape index (κ3) is 86.6. The molecule has 0 aliphatic rings. The average Bonchev–Trinajstić information content (AvgIpc) is 1.93. The summed E-state index contributed by atoms with van der Waals surface area (Å²) in [6, 6.07) is 0. The smallest absolute Gasteiger partial charge is 0.776 e. The van der Waals surface area contributed by atoms with Crippen molar-refractivity contribution in [3.63, 3.8) is 0 Å². The van der Waals surface area contributed by atoms with Gasteiger partial charge in [-0.1, -0.05) is 6.58 Å². The molecule has 0 aromatic rings. The van der Waals surface area contributed by atoms with Crippen molar-refractivity contribution in [1.29, 1.82) is 0 Å². The van der Waals surface area contributed by atoms with E-state index in [0.717, 1.165) is 0 Å². The van der Waals surface area contributed by atoms with Crippen LogP contribution in [0.15, 0.2) is 12.0 Å². The van der Waals surface area contributed by atoms with E-state index in [1.807, 2.05) is 6.79 Å². The summed E-state index contributed by atoms with van der Waals surface area (Å²) >= 11 is -0.500. The topological polar surface area (TPSA) is 118 Å². The summed E-state index contributed by atoms with van der Waals surface area (Å²) in [4.78, 5) is 8.00. The van der Waals surface area contributed by atoms with E-state index in [2.05, 4.69) is 6.58 Å². The summed E-state index contributed by atoms with van der Waals surface area (Å²) in [5, 5.41) is 0.354. The van der Waals surface area contributed by atoms with Gasteiger partial charge in [-0.2, -0.15) is 0 Å². The van der Waals surface area contributed by atoms with Gasteiger partial charge in [0, 0.05) is 5.41 Å². The van der Waals surface area contributed by atoms with Gasteiger partial charge >= 0.3 is 59.1 Å². The molecule has 0 aromatic heterocycles. The minimum absolute atomic E-state index is 0. The normalized spacial score (nSPS) is 6.69. The molecule has 0 saturated heterocycles. The van der Waals surface area contributed by atoms with Crippen LogP contribution in [0.5, 0.6) is 0 Å². The van der Waals surface area contributed by atoms with Crippen molar-refractivity contribution in [3.8, 4) is 0 Å². The molecule has 6 nitrogen and oxygen atoms in total. The van der Waals surface area contributed by atoms with Gasteiger partial charge in [0.1, 0.15) is 16.9 Å². The van der Waals surface area contributed by atoms with Crippen molar-refractivity contribution in [1.82, 2.24) is 0 Å². The predicted molar refractivity (Wildman–Crippen MR) is 38.0 cm³/mol. The van der Waals surface area contributed by atoms with Gasteiger partial charge in [-0.3, -0.25) is 0 Å². The van der Waals surface area contributed by atoms with Crippen LogP contribution in [0, 0.1) is 0 Å². The first kappa shape index (κ1) is 29.3. The molecule has 0 saturated carbocycles. The van der Waals surface area contributed by atoms with Crippen molar-refractivity contribution in [3.05, 3.63) is 12.0 Å². The molecule has 1 N–H and O–H groups in total. The summed E-state index contributed by atoms with van der Waals surface area (Å²) in [6.45, 7) is 4.73. The van der Waals surface area contributed by atoms with Crippen LogP contribution in [0.3, 0.4) is 0 Å². The quantitative estimate of drug-likeness (QED) is 0.278. The number of carbonyl (C=O) groups is 1. The van der Waals surface area contributed by atoms with Crippen LogP contribution in [0.25, 0.3) is 0 Å². The second-order valence-corrected chi connectivity index (χ2v) is 2.20. The Balaban J connectivity index is -0.0000000268. The Labute approximate surface area is 126 Å². The van der Waals surface area contributed by atoms with E-state index in [9.17, 15) is 13.0 Å². The van der Waals surface area contributed by atoms with Crippen molar-refractivity contribution in [2.75, 3.05) is 0 Å². The van der Waals surface area contributed by atoms with Gasteiger partial charge in [-0.25, -0.2) is 8.42 Å². The summed E-state index contributed by atoms with van der Waals surface area (Å²) in [7, 11) is -4.15. The molecule has 10 heteroatoms. The fraction of sp³-hybridized carbons (Fsp3) is 0. The largest absolute Gasteiger partial charge is 1.00 e. The van der Waals surface area contributed by atoms with Crippen molar-refractivity contribution in [2.45, 2.75) is 0 Å². The Morgan fingerprint density at radius 2 is 1.38 bits per heavy atom. The predicted octanol–water partition coefficient (Wildman–Crippen LogP) is -6.18. The maximum Gasteiger partial charge on any atom is 1.00 e. The molecule has 0 amide bonds. The standard InChI is InChI=1S/C2H4O3S.CH2O.2Na.H2O2S/c1-2-6(3,4)5;1-2;;;1-3-2/h2H,1H2,(H,3,4,5);1H2;;;1-2H/q;;2*+1;/p-2. The monoisotopic (exact) mass is 248 g/mol. The molecule has 0 atom stereocenters. The van der Waals surface area contributed by atoms with Crippen molar-refractivity contribution in [2.24, 2.45) is 0 Å². The molecule has 0 bridgehead atoms. The van der Waals surface area contributed by atoms with E-state index in [1.165, 1.54) is 0 Å². The first-order valence-electron chi connectivity index (χ1n) is 1.78. The van der Waals surface area contributed by atoms with Gasteiger partial charge in [0.2, 0.25) is 0 Å². The van der Waals surface area contributed by atoms with Crippen LogP contribution in [0.2, 0.25) is 0 Å². The molecule has 0 aliphatic carbocycles.